The zero-order chi connectivity index (χ0) is 13.0. The summed E-state index contributed by atoms with van der Waals surface area (Å²) in [6, 6.07) is 14.9. The van der Waals surface area contributed by atoms with E-state index in [-0.39, 0.29) is 12.4 Å². The molecule has 0 heterocycles. The van der Waals surface area contributed by atoms with Gasteiger partial charge in [0.05, 0.1) is 0 Å². The number of Topliss-reactive ketones (excluding diaryl/α,β-unsaturated/α-hetero) is 1. The van der Waals surface area contributed by atoms with Crippen molar-refractivity contribution in [3.05, 3.63) is 64.1 Å². The van der Waals surface area contributed by atoms with Crippen molar-refractivity contribution < 1.29 is 9.53 Å². The Balaban J connectivity index is 2.01. The van der Waals surface area contributed by atoms with E-state index in [9.17, 15) is 4.79 Å². The number of hydrogen-bond donors (Lipinski definition) is 0. The summed E-state index contributed by atoms with van der Waals surface area (Å²) >= 11 is 3.34. The minimum atomic E-state index is -0.0225. The molecule has 0 aromatic heterocycles. The Labute approximate surface area is 115 Å². The second-order valence-electron chi connectivity index (χ2n) is 3.98. The van der Waals surface area contributed by atoms with Crippen LogP contribution >= 0.6 is 15.9 Å². The summed E-state index contributed by atoms with van der Waals surface area (Å²) < 4.78 is 6.48. The Morgan fingerprint density at radius 1 is 1.11 bits per heavy atom. The molecular weight excluding hydrogens is 292 g/mol. The Bertz CT molecular complexity index is 547. The third-order valence-corrected chi connectivity index (χ3v) is 3.15. The first-order valence-corrected chi connectivity index (χ1v) is 6.43. The average molecular weight is 305 g/mol. The van der Waals surface area contributed by atoms with Gasteiger partial charge in [-0.25, -0.2) is 0 Å². The molecule has 18 heavy (non-hydrogen) atoms. The number of ether oxygens (including phenoxy) is 1. The van der Waals surface area contributed by atoms with Crippen LogP contribution in [0.3, 0.4) is 0 Å². The van der Waals surface area contributed by atoms with Crippen molar-refractivity contribution in [1.82, 2.24) is 0 Å². The predicted molar refractivity (Wildman–Crippen MR) is 75.1 cm³/mol. The van der Waals surface area contributed by atoms with Gasteiger partial charge in [-0.1, -0.05) is 46.3 Å². The first-order chi connectivity index (χ1) is 8.66. The third-order valence-electron chi connectivity index (χ3n) is 2.62. The predicted octanol–water partition coefficient (Wildman–Crippen LogP) is 4.02. The first kappa shape index (κ1) is 12.8. The number of aryl methyl sites for hydroxylation is 1. The van der Waals surface area contributed by atoms with E-state index in [0.717, 1.165) is 15.8 Å². The highest BCUT2D eigenvalue weighted by Gasteiger charge is 2.07. The highest BCUT2D eigenvalue weighted by atomic mass is 79.9. The van der Waals surface area contributed by atoms with Crippen molar-refractivity contribution in [3.8, 4) is 5.75 Å². The second kappa shape index (κ2) is 5.83. The van der Waals surface area contributed by atoms with Crippen LogP contribution in [0.25, 0.3) is 0 Å². The molecule has 0 saturated carbocycles. The summed E-state index contributed by atoms with van der Waals surface area (Å²) in [6.45, 7) is 2.02. The average Bonchev–Trinajstić information content (AvgIpc) is 2.38. The molecule has 0 spiro atoms. The van der Waals surface area contributed by atoms with Crippen LogP contribution in [-0.2, 0) is 0 Å². The van der Waals surface area contributed by atoms with Crippen LogP contribution in [0.2, 0.25) is 0 Å². The molecule has 0 aliphatic heterocycles. The van der Waals surface area contributed by atoms with E-state index in [1.807, 2.05) is 43.3 Å². The Morgan fingerprint density at radius 3 is 2.44 bits per heavy atom. The van der Waals surface area contributed by atoms with Gasteiger partial charge in [-0.05, 0) is 30.7 Å². The molecule has 3 heteroatoms. The van der Waals surface area contributed by atoms with Crippen LogP contribution in [0, 0.1) is 6.92 Å². The van der Waals surface area contributed by atoms with E-state index >= 15 is 0 Å². The lowest BCUT2D eigenvalue weighted by Gasteiger charge is -2.08. The first-order valence-electron chi connectivity index (χ1n) is 5.64. The summed E-state index contributed by atoms with van der Waals surface area (Å²) in [5.74, 6) is 0.730. The van der Waals surface area contributed by atoms with Crippen LogP contribution in [0.5, 0.6) is 5.75 Å². The zero-order valence-corrected chi connectivity index (χ0v) is 11.6. The normalized spacial score (nSPS) is 10.1. The summed E-state index contributed by atoms with van der Waals surface area (Å²) in [7, 11) is 0. The van der Waals surface area contributed by atoms with Gasteiger partial charge in [0, 0.05) is 10.0 Å². The Kier molecular flexibility index (Phi) is 4.15. The molecule has 0 radical (unpaired) electrons. The molecule has 92 valence electrons. The lowest BCUT2D eigenvalue weighted by atomic mass is 10.1. The van der Waals surface area contributed by atoms with Gasteiger partial charge in [-0.15, -0.1) is 0 Å². The highest BCUT2D eigenvalue weighted by Crippen LogP contribution is 2.17. The summed E-state index contributed by atoms with van der Waals surface area (Å²) in [6.07, 6.45) is 0. The second-order valence-corrected chi connectivity index (χ2v) is 4.90. The number of halogens is 1. The maximum Gasteiger partial charge on any atom is 0.200 e. The van der Waals surface area contributed by atoms with E-state index in [1.54, 1.807) is 12.1 Å². The quantitative estimate of drug-likeness (QED) is 0.798. The van der Waals surface area contributed by atoms with Gasteiger partial charge in [0.25, 0.3) is 0 Å². The molecule has 0 amide bonds. The van der Waals surface area contributed by atoms with Crippen molar-refractivity contribution in [3.63, 3.8) is 0 Å². The smallest absolute Gasteiger partial charge is 0.200 e. The summed E-state index contributed by atoms with van der Waals surface area (Å²) in [5.41, 5.74) is 1.69. The van der Waals surface area contributed by atoms with Crippen LogP contribution in [0.1, 0.15) is 15.9 Å². The maximum atomic E-state index is 11.9. The number of hydrogen-bond acceptors (Lipinski definition) is 2. The topological polar surface area (TPSA) is 26.3 Å². The standard InChI is InChI=1S/C15H13BrO2/c1-11-4-2-3-5-15(11)18-10-14(17)12-6-8-13(16)9-7-12/h2-9H,10H2,1H3. The van der Waals surface area contributed by atoms with E-state index in [4.69, 9.17) is 4.74 Å². The largest absolute Gasteiger partial charge is 0.485 e. The number of benzene rings is 2. The van der Waals surface area contributed by atoms with Crippen LogP contribution in [0.4, 0.5) is 0 Å². The van der Waals surface area contributed by atoms with E-state index < -0.39 is 0 Å². The van der Waals surface area contributed by atoms with Gasteiger partial charge in [-0.2, -0.15) is 0 Å². The molecule has 2 aromatic rings. The number of para-hydroxylation sites is 1. The van der Waals surface area contributed by atoms with Gasteiger partial charge >= 0.3 is 0 Å². The molecule has 0 unspecified atom stereocenters. The molecule has 0 fully saturated rings. The molecule has 2 rings (SSSR count). The van der Waals surface area contributed by atoms with E-state index in [2.05, 4.69) is 15.9 Å². The lowest BCUT2D eigenvalue weighted by molar-refractivity contribution is 0.0921. The SMILES string of the molecule is Cc1ccccc1OCC(=O)c1ccc(Br)cc1. The van der Waals surface area contributed by atoms with Gasteiger partial charge in [0.1, 0.15) is 5.75 Å². The van der Waals surface area contributed by atoms with Gasteiger partial charge in [0.2, 0.25) is 0 Å². The minimum Gasteiger partial charge on any atom is -0.485 e. The molecule has 0 aliphatic carbocycles. The number of ketones is 1. The summed E-state index contributed by atoms with van der Waals surface area (Å²) in [5, 5.41) is 0. The van der Waals surface area contributed by atoms with Crippen LogP contribution in [-0.4, -0.2) is 12.4 Å². The van der Waals surface area contributed by atoms with E-state index in [0.29, 0.717) is 5.56 Å². The minimum absolute atomic E-state index is 0.0225. The molecule has 0 saturated heterocycles. The van der Waals surface area contributed by atoms with Crippen LogP contribution in [0.15, 0.2) is 53.0 Å². The molecule has 0 atom stereocenters. The van der Waals surface area contributed by atoms with Gasteiger partial charge < -0.3 is 4.74 Å². The molecule has 0 N–H and O–H groups in total. The highest BCUT2D eigenvalue weighted by molar-refractivity contribution is 9.10. The fourth-order valence-electron chi connectivity index (χ4n) is 1.58. The number of rotatable bonds is 4. The zero-order valence-electron chi connectivity index (χ0n) is 10.0. The molecule has 0 aliphatic rings. The van der Waals surface area contributed by atoms with Crippen molar-refractivity contribution in [2.24, 2.45) is 0 Å². The monoisotopic (exact) mass is 304 g/mol. The van der Waals surface area contributed by atoms with Crippen molar-refractivity contribution in [2.75, 3.05) is 6.61 Å². The fourth-order valence-corrected chi connectivity index (χ4v) is 1.85. The molecule has 0 bridgehead atoms. The fraction of sp³-hybridized carbons (Fsp3) is 0.133. The van der Waals surface area contributed by atoms with Crippen molar-refractivity contribution in [1.29, 1.82) is 0 Å². The lowest BCUT2D eigenvalue weighted by Crippen LogP contribution is -2.11. The Morgan fingerprint density at radius 2 is 1.78 bits per heavy atom. The molecular formula is C15H13BrO2. The molecule has 2 aromatic carbocycles. The van der Waals surface area contributed by atoms with Crippen LogP contribution < -0.4 is 4.74 Å². The van der Waals surface area contributed by atoms with Gasteiger partial charge in [0.15, 0.2) is 12.4 Å². The van der Waals surface area contributed by atoms with Crippen molar-refractivity contribution in [2.45, 2.75) is 6.92 Å². The van der Waals surface area contributed by atoms with Crippen molar-refractivity contribution >= 4 is 21.7 Å². The van der Waals surface area contributed by atoms with E-state index in [1.165, 1.54) is 0 Å². The molecule has 2 nitrogen and oxygen atoms in total. The third kappa shape index (κ3) is 3.20. The summed E-state index contributed by atoms with van der Waals surface area (Å²) in [4.78, 5) is 11.9. The Hall–Kier alpha value is -1.61. The maximum absolute atomic E-state index is 11.9. The number of carbonyl (C=O) groups excluding carboxylic acids is 1. The number of carbonyl (C=O) groups is 1. The van der Waals surface area contributed by atoms with Gasteiger partial charge in [-0.3, -0.25) is 4.79 Å².